The lowest BCUT2D eigenvalue weighted by Gasteiger charge is -2.37. The van der Waals surface area contributed by atoms with Crippen LogP contribution in [0.2, 0.25) is 0 Å². The Balaban J connectivity index is 1.66. The zero-order chi connectivity index (χ0) is 16.9. The summed E-state index contributed by atoms with van der Waals surface area (Å²) in [4.78, 5) is 0. The molecule has 24 heavy (non-hydrogen) atoms. The monoisotopic (exact) mass is 327 g/mol. The lowest BCUT2D eigenvalue weighted by molar-refractivity contribution is -0.115. The molecule has 1 aliphatic carbocycles. The van der Waals surface area contributed by atoms with Crippen molar-refractivity contribution in [1.29, 1.82) is 0 Å². The summed E-state index contributed by atoms with van der Waals surface area (Å²) in [5.41, 5.74) is 10.2. The van der Waals surface area contributed by atoms with Crippen molar-refractivity contribution in [3.8, 4) is 0 Å². The smallest absolute Gasteiger partial charge is 0.0946 e. The zero-order valence-corrected chi connectivity index (χ0v) is 14.8. The second-order valence-corrected chi connectivity index (χ2v) is 8.80. The predicted molar refractivity (Wildman–Crippen MR) is 97.5 cm³/mol. The van der Waals surface area contributed by atoms with Crippen LogP contribution in [0, 0.1) is 5.41 Å². The van der Waals surface area contributed by atoms with Crippen molar-refractivity contribution in [1.82, 2.24) is 0 Å². The highest BCUT2D eigenvalue weighted by molar-refractivity contribution is 5.76. The first-order valence-electron chi connectivity index (χ1n) is 9.32. The lowest BCUT2D eigenvalue weighted by atomic mass is 9.76. The summed E-state index contributed by atoms with van der Waals surface area (Å²) in [6, 6.07) is 6.13. The van der Waals surface area contributed by atoms with Gasteiger partial charge in [0.1, 0.15) is 0 Å². The Labute approximate surface area is 144 Å². The molecule has 2 fully saturated rings. The van der Waals surface area contributed by atoms with Crippen LogP contribution < -0.4 is 5.73 Å². The van der Waals surface area contributed by atoms with E-state index in [4.69, 9.17) is 10.5 Å². The van der Waals surface area contributed by atoms with Crippen LogP contribution in [0.15, 0.2) is 24.3 Å². The molecule has 2 atom stereocenters. The molecule has 0 spiro atoms. The van der Waals surface area contributed by atoms with Crippen molar-refractivity contribution < 1.29 is 9.84 Å². The number of nitrogens with two attached hydrogens (primary N) is 1. The molecule has 0 saturated carbocycles. The van der Waals surface area contributed by atoms with Gasteiger partial charge in [0.15, 0.2) is 0 Å². The van der Waals surface area contributed by atoms with Crippen LogP contribution in [0.25, 0.3) is 5.57 Å². The second-order valence-electron chi connectivity index (χ2n) is 8.80. The normalized spacial score (nSPS) is 34.9. The maximum atomic E-state index is 11.3. The van der Waals surface area contributed by atoms with Gasteiger partial charge >= 0.3 is 0 Å². The number of aliphatic hydroxyl groups is 1. The topological polar surface area (TPSA) is 55.5 Å². The average Bonchev–Trinajstić information content (AvgIpc) is 2.87. The fourth-order valence-electron chi connectivity index (χ4n) is 4.60. The van der Waals surface area contributed by atoms with E-state index in [0.29, 0.717) is 18.3 Å². The van der Waals surface area contributed by atoms with Crippen LogP contribution in [0.1, 0.15) is 69.9 Å². The first kappa shape index (κ1) is 16.2. The molecule has 0 amide bonds. The van der Waals surface area contributed by atoms with Gasteiger partial charge in [-0.2, -0.15) is 0 Å². The summed E-state index contributed by atoms with van der Waals surface area (Å²) in [5, 5.41) is 11.3. The van der Waals surface area contributed by atoms with Gasteiger partial charge in [0.05, 0.1) is 17.8 Å². The molecule has 0 aromatic heterocycles. The first-order valence-corrected chi connectivity index (χ1v) is 9.32. The van der Waals surface area contributed by atoms with E-state index in [9.17, 15) is 5.11 Å². The first-order chi connectivity index (χ1) is 11.3. The largest absolute Gasteiger partial charge is 0.398 e. The molecule has 2 heterocycles. The standard InChI is InChI=1S/C21H29NO2/c1-20(2)9-7-14(8-10-20)18-11-15(3-6-19(18)22)21(23)12-16-4-5-17(13-21)24-16/h3,6-7,11,16-17,23H,4-5,8-10,12-13,22H2,1-2H3. The van der Waals surface area contributed by atoms with E-state index in [2.05, 4.69) is 26.0 Å². The quantitative estimate of drug-likeness (QED) is 0.792. The minimum atomic E-state index is -0.763. The van der Waals surface area contributed by atoms with Crippen molar-refractivity contribution in [2.45, 2.75) is 76.6 Å². The van der Waals surface area contributed by atoms with Crippen molar-refractivity contribution in [2.24, 2.45) is 5.41 Å². The van der Waals surface area contributed by atoms with Crippen LogP contribution in [-0.2, 0) is 10.3 Å². The third-order valence-electron chi connectivity index (χ3n) is 6.23. The Morgan fingerprint density at radius 2 is 1.88 bits per heavy atom. The Kier molecular flexibility index (Phi) is 3.77. The number of anilines is 1. The van der Waals surface area contributed by atoms with Gasteiger partial charge in [0, 0.05) is 24.1 Å². The number of fused-ring (bicyclic) bond motifs is 2. The summed E-state index contributed by atoms with van der Waals surface area (Å²) >= 11 is 0. The minimum Gasteiger partial charge on any atom is -0.398 e. The highest BCUT2D eigenvalue weighted by atomic mass is 16.5. The highest BCUT2D eigenvalue weighted by Gasteiger charge is 2.44. The molecule has 4 rings (SSSR count). The van der Waals surface area contributed by atoms with Gasteiger partial charge in [-0.15, -0.1) is 0 Å². The highest BCUT2D eigenvalue weighted by Crippen LogP contribution is 2.46. The van der Waals surface area contributed by atoms with E-state index in [1.807, 2.05) is 12.1 Å². The van der Waals surface area contributed by atoms with Crippen LogP contribution in [0.4, 0.5) is 5.69 Å². The fraction of sp³-hybridized carbons (Fsp3) is 0.619. The van der Waals surface area contributed by atoms with E-state index >= 15 is 0 Å². The predicted octanol–water partition coefficient (Wildman–Crippen LogP) is 4.39. The number of hydrogen-bond donors (Lipinski definition) is 2. The van der Waals surface area contributed by atoms with Crippen molar-refractivity contribution in [3.63, 3.8) is 0 Å². The molecule has 0 radical (unpaired) electrons. The van der Waals surface area contributed by atoms with Crippen LogP contribution in [0.5, 0.6) is 0 Å². The van der Waals surface area contributed by atoms with Gasteiger partial charge in [0.2, 0.25) is 0 Å². The van der Waals surface area contributed by atoms with Gasteiger partial charge in [-0.25, -0.2) is 0 Å². The molecule has 3 aliphatic rings. The summed E-state index contributed by atoms with van der Waals surface area (Å²) < 4.78 is 5.91. The van der Waals surface area contributed by atoms with E-state index < -0.39 is 5.60 Å². The number of allylic oxidation sites excluding steroid dienone is 2. The summed E-state index contributed by atoms with van der Waals surface area (Å²) in [6.45, 7) is 4.64. The van der Waals surface area contributed by atoms with Gasteiger partial charge in [-0.1, -0.05) is 26.0 Å². The second kappa shape index (κ2) is 5.60. The lowest BCUT2D eigenvalue weighted by Crippen LogP contribution is -2.38. The molecule has 1 aromatic rings. The van der Waals surface area contributed by atoms with Crippen LogP contribution >= 0.6 is 0 Å². The van der Waals surface area contributed by atoms with E-state index in [1.165, 1.54) is 12.0 Å². The SMILES string of the molecule is CC1(C)CC=C(c2cc(C3(O)CC4CCC(C3)O4)ccc2N)CC1. The third-order valence-corrected chi connectivity index (χ3v) is 6.23. The maximum Gasteiger partial charge on any atom is 0.0946 e. The zero-order valence-electron chi connectivity index (χ0n) is 14.8. The molecular formula is C21H29NO2. The molecule has 2 unspecified atom stereocenters. The summed E-state index contributed by atoms with van der Waals surface area (Å²) in [5.74, 6) is 0. The Hall–Kier alpha value is -1.32. The number of nitrogen functional groups attached to an aromatic ring is 1. The Morgan fingerprint density at radius 1 is 1.17 bits per heavy atom. The fourth-order valence-corrected chi connectivity index (χ4v) is 4.60. The Morgan fingerprint density at radius 3 is 2.50 bits per heavy atom. The van der Waals surface area contributed by atoms with E-state index in [-0.39, 0.29) is 12.2 Å². The summed E-state index contributed by atoms with van der Waals surface area (Å²) in [7, 11) is 0. The third kappa shape index (κ3) is 2.89. The molecule has 2 saturated heterocycles. The minimum absolute atomic E-state index is 0.212. The van der Waals surface area contributed by atoms with Gasteiger partial charge in [-0.05, 0) is 60.8 Å². The average molecular weight is 327 g/mol. The molecule has 3 nitrogen and oxygen atoms in total. The van der Waals surface area contributed by atoms with Crippen molar-refractivity contribution in [3.05, 3.63) is 35.4 Å². The molecular weight excluding hydrogens is 298 g/mol. The number of hydrogen-bond acceptors (Lipinski definition) is 3. The molecule has 130 valence electrons. The molecule has 2 bridgehead atoms. The van der Waals surface area contributed by atoms with Crippen molar-refractivity contribution >= 4 is 11.3 Å². The van der Waals surface area contributed by atoms with Gasteiger partial charge in [-0.3, -0.25) is 0 Å². The van der Waals surface area contributed by atoms with Gasteiger partial charge < -0.3 is 15.6 Å². The maximum absolute atomic E-state index is 11.3. The molecule has 2 aliphatic heterocycles. The number of ether oxygens (including phenoxy) is 1. The molecule has 1 aromatic carbocycles. The summed E-state index contributed by atoms with van der Waals surface area (Å²) in [6.07, 6.45) is 9.68. The van der Waals surface area contributed by atoms with Crippen LogP contribution in [-0.4, -0.2) is 17.3 Å². The van der Waals surface area contributed by atoms with E-state index in [1.54, 1.807) is 0 Å². The molecule has 3 heteroatoms. The Bertz CT molecular complexity index is 664. The van der Waals surface area contributed by atoms with E-state index in [0.717, 1.165) is 42.5 Å². The number of benzene rings is 1. The van der Waals surface area contributed by atoms with Gasteiger partial charge in [0.25, 0.3) is 0 Å². The van der Waals surface area contributed by atoms with Crippen molar-refractivity contribution in [2.75, 3.05) is 5.73 Å². The van der Waals surface area contributed by atoms with Crippen LogP contribution in [0.3, 0.4) is 0 Å². The number of rotatable bonds is 2. The molecule has 3 N–H and O–H groups in total.